The van der Waals surface area contributed by atoms with Crippen molar-refractivity contribution in [3.05, 3.63) is 41.7 Å². The van der Waals surface area contributed by atoms with Gasteiger partial charge in [0.1, 0.15) is 6.61 Å². The van der Waals surface area contributed by atoms with Crippen molar-refractivity contribution in [1.82, 2.24) is 25.6 Å². The molecule has 504 valence electrons. The molecule has 1 heterocycles. The number of nitrogens with one attached hydrogen (secondary N) is 3. The number of aromatic nitrogens is 3. The highest BCUT2D eigenvalue weighted by atomic mass is 32.2. The van der Waals surface area contributed by atoms with Crippen molar-refractivity contribution in [2.75, 3.05) is 149 Å². The van der Waals surface area contributed by atoms with Crippen LogP contribution in [0.25, 0.3) is 0 Å². The van der Waals surface area contributed by atoms with Gasteiger partial charge in [0.15, 0.2) is 12.4 Å². The zero-order valence-corrected chi connectivity index (χ0v) is 56.4. The first-order valence-corrected chi connectivity index (χ1v) is 32.8. The number of rotatable bonds is 53. The summed E-state index contributed by atoms with van der Waals surface area (Å²) in [5, 5.41) is 20.9. The maximum absolute atomic E-state index is 13.9. The maximum Gasteiger partial charge on any atom is 0.312 e. The fourth-order valence-electron chi connectivity index (χ4n) is 7.48. The molecule has 1 aromatic heterocycles. The van der Waals surface area contributed by atoms with Crippen LogP contribution in [0.3, 0.4) is 0 Å². The summed E-state index contributed by atoms with van der Waals surface area (Å²) >= 11 is 3.48. The standard InChI is InChI=1S/C62H108N8O16S2/c1-48(2)41-54(66-56(72)45-86-68-53(46-87-61(6,7)8)47-88-62(9,10)11)55(71)42-50(13-12-21-64-59(63)75)58(74)65-51-16-14-49(15-17-51)44-85-57(73)19-18-52-43-70(69-67-52)22-24-77-26-28-79-30-32-81-34-36-83-38-40-84-39-37-82-35-33-80-31-29-78-27-25-76-23-20-60(3,4)5/h14-17,43,48,50,54H,12-13,18-42,44-47H2,1-11H3,(H,65,74)(H,66,72)(H3,63,64,75)/t50-,54+/m1/s1. The largest absolute Gasteiger partial charge is 0.461 e. The van der Waals surface area contributed by atoms with E-state index in [1.54, 1.807) is 58.7 Å². The molecule has 0 radical (unpaired) electrons. The lowest BCUT2D eigenvalue weighted by atomic mass is 9.90. The molecule has 26 heteroatoms. The third-order valence-electron chi connectivity index (χ3n) is 12.2. The number of urea groups is 1. The van der Waals surface area contributed by atoms with Crippen LogP contribution < -0.4 is 21.7 Å². The molecule has 1 aromatic carbocycles. The molecule has 0 spiro atoms. The summed E-state index contributed by atoms with van der Waals surface area (Å²) in [5.74, 6) is -1.07. The van der Waals surface area contributed by atoms with Crippen molar-refractivity contribution >= 4 is 64.5 Å². The van der Waals surface area contributed by atoms with Gasteiger partial charge in [0, 0.05) is 64.8 Å². The lowest BCUT2D eigenvalue weighted by Crippen LogP contribution is -2.44. The van der Waals surface area contributed by atoms with Crippen molar-refractivity contribution in [3.8, 4) is 0 Å². The van der Waals surface area contributed by atoms with Gasteiger partial charge >= 0.3 is 12.0 Å². The van der Waals surface area contributed by atoms with Gasteiger partial charge in [-0.15, -0.1) is 28.6 Å². The molecule has 0 unspecified atom stereocenters. The maximum atomic E-state index is 13.9. The summed E-state index contributed by atoms with van der Waals surface area (Å²) in [6.45, 7) is 32.5. The van der Waals surface area contributed by atoms with E-state index in [4.69, 9.17) is 57.9 Å². The van der Waals surface area contributed by atoms with Gasteiger partial charge in [-0.3, -0.25) is 19.2 Å². The number of benzene rings is 1. The number of anilines is 1. The Bertz CT molecular complexity index is 2200. The second-order valence-electron chi connectivity index (χ2n) is 24.4. The SMILES string of the molecule is CC(C)C[C@H](NC(=O)CON=C(CSC(C)(C)C)CSC(C)(C)C)C(=O)C[C@@H](CCCNC(N)=O)C(=O)Nc1ccc(COC(=O)CCc2cn(CCOCCOCCOCCOCCOCCOCCOCCOCCOCCC(C)(C)C)nn2)cc1. The highest BCUT2D eigenvalue weighted by molar-refractivity contribution is 8.02. The van der Waals surface area contributed by atoms with Gasteiger partial charge in [0.2, 0.25) is 5.91 Å². The predicted molar refractivity (Wildman–Crippen MR) is 344 cm³/mol. The number of ketones is 1. The summed E-state index contributed by atoms with van der Waals surface area (Å²) in [7, 11) is 0. The van der Waals surface area contributed by atoms with Crippen LogP contribution >= 0.6 is 23.5 Å². The molecule has 2 rings (SSSR count). The number of Topliss-reactive ketones (excluding diaryl/α,β-unsaturated/α-hetero) is 1. The Morgan fingerprint density at radius 1 is 0.670 bits per heavy atom. The quantitative estimate of drug-likeness (QED) is 0.0216. The molecule has 0 bridgehead atoms. The van der Waals surface area contributed by atoms with E-state index >= 15 is 0 Å². The number of esters is 1. The number of aryl methyl sites for hydroxylation is 1. The number of nitrogens with zero attached hydrogens (tertiary/aromatic N) is 4. The normalized spacial score (nSPS) is 12.6. The van der Waals surface area contributed by atoms with E-state index < -0.39 is 35.8 Å². The number of primary amides is 1. The van der Waals surface area contributed by atoms with Crippen LogP contribution in [0.1, 0.15) is 126 Å². The Morgan fingerprint density at radius 2 is 1.16 bits per heavy atom. The molecule has 0 fully saturated rings. The van der Waals surface area contributed by atoms with Gasteiger partial charge in [-0.05, 0) is 54.7 Å². The van der Waals surface area contributed by atoms with Crippen LogP contribution in [0.15, 0.2) is 35.6 Å². The third-order valence-corrected chi connectivity index (χ3v) is 14.9. The molecule has 24 nitrogen and oxygen atoms in total. The zero-order chi connectivity index (χ0) is 64.9. The molecule has 0 saturated heterocycles. The number of carbonyl (C=O) groups excluding carboxylic acids is 5. The zero-order valence-electron chi connectivity index (χ0n) is 54.8. The highest BCUT2D eigenvalue weighted by Crippen LogP contribution is 2.27. The lowest BCUT2D eigenvalue weighted by molar-refractivity contribution is -0.145. The van der Waals surface area contributed by atoms with Gasteiger partial charge < -0.3 is 73.9 Å². The number of nitrogens with two attached hydrogens (primary N) is 1. The molecular formula is C62H108N8O16S2. The van der Waals surface area contributed by atoms with Gasteiger partial charge in [-0.25, -0.2) is 9.48 Å². The molecule has 4 amide bonds. The monoisotopic (exact) mass is 1280 g/mol. The van der Waals surface area contributed by atoms with Crippen molar-refractivity contribution in [3.63, 3.8) is 0 Å². The van der Waals surface area contributed by atoms with Crippen molar-refractivity contribution in [2.24, 2.45) is 28.1 Å². The topological polar surface area (TPSA) is 292 Å². The van der Waals surface area contributed by atoms with Gasteiger partial charge in [0.25, 0.3) is 5.91 Å². The predicted octanol–water partition coefficient (Wildman–Crippen LogP) is 7.47. The molecule has 0 aliphatic carbocycles. The average Bonchev–Trinajstić information content (AvgIpc) is 3.15. The van der Waals surface area contributed by atoms with Crippen LogP contribution in [0.4, 0.5) is 10.5 Å². The third kappa shape index (κ3) is 46.6. The van der Waals surface area contributed by atoms with Crippen LogP contribution in [-0.4, -0.2) is 209 Å². The lowest BCUT2D eigenvalue weighted by Gasteiger charge is -2.23. The fourth-order valence-corrected chi connectivity index (χ4v) is 9.12. The first-order chi connectivity index (χ1) is 41.9. The molecule has 2 atom stereocenters. The Balaban J connectivity index is 1.61. The number of amides is 4. The molecular weight excluding hydrogens is 1180 g/mol. The van der Waals surface area contributed by atoms with E-state index in [2.05, 4.69) is 93.7 Å². The number of carbonyl (C=O) groups is 5. The van der Waals surface area contributed by atoms with Crippen molar-refractivity contribution in [2.45, 2.75) is 150 Å². The average molecular weight is 1290 g/mol. The first kappa shape index (κ1) is 79.6. The number of thioether (sulfide) groups is 2. The molecule has 2 aromatic rings. The van der Waals surface area contributed by atoms with Gasteiger partial charge in [-0.1, -0.05) is 98.7 Å². The van der Waals surface area contributed by atoms with Crippen LogP contribution in [0.2, 0.25) is 0 Å². The van der Waals surface area contributed by atoms with E-state index in [0.717, 1.165) is 18.7 Å². The minimum Gasteiger partial charge on any atom is -0.461 e. The van der Waals surface area contributed by atoms with E-state index in [9.17, 15) is 24.0 Å². The van der Waals surface area contributed by atoms with Crippen LogP contribution in [0, 0.1) is 17.3 Å². The van der Waals surface area contributed by atoms with E-state index in [1.807, 2.05) is 13.8 Å². The number of hydrogen-bond donors (Lipinski definition) is 4. The Labute approximate surface area is 532 Å². The molecule has 0 aliphatic heterocycles. The van der Waals surface area contributed by atoms with E-state index in [-0.39, 0.29) is 65.6 Å². The number of oxime groups is 1. The molecule has 5 N–H and O–H groups in total. The second-order valence-corrected chi connectivity index (χ2v) is 28.0. The van der Waals surface area contributed by atoms with Crippen molar-refractivity contribution < 1.29 is 76.2 Å². The Morgan fingerprint density at radius 3 is 1.62 bits per heavy atom. The molecule has 88 heavy (non-hydrogen) atoms. The second kappa shape index (κ2) is 47.4. The number of ether oxygens (including phenoxy) is 10. The molecule has 0 aliphatic rings. The van der Waals surface area contributed by atoms with E-state index in [0.29, 0.717) is 167 Å². The summed E-state index contributed by atoms with van der Waals surface area (Å²) in [6, 6.07) is 5.26. The molecule has 0 saturated carbocycles. The van der Waals surface area contributed by atoms with E-state index in [1.165, 1.54) is 0 Å². The summed E-state index contributed by atoms with van der Waals surface area (Å²) in [4.78, 5) is 70.5. The fraction of sp³-hybridized carbons (Fsp3) is 0.774. The Kier molecular flexibility index (Phi) is 42.9. The van der Waals surface area contributed by atoms with Crippen molar-refractivity contribution in [1.29, 1.82) is 0 Å². The highest BCUT2D eigenvalue weighted by Gasteiger charge is 2.29. The summed E-state index contributed by atoms with van der Waals surface area (Å²) in [6.07, 6.45) is 4.06. The van der Waals surface area contributed by atoms with Gasteiger partial charge in [0.05, 0.1) is 143 Å². The van der Waals surface area contributed by atoms with Crippen LogP contribution in [-0.2, 0) is 91.0 Å². The summed E-state index contributed by atoms with van der Waals surface area (Å²) in [5.41, 5.74) is 8.17. The minimum atomic E-state index is -0.868. The minimum absolute atomic E-state index is 0.0151. The summed E-state index contributed by atoms with van der Waals surface area (Å²) < 4.78 is 57.2. The number of hydrogen-bond acceptors (Lipinski definition) is 21. The van der Waals surface area contributed by atoms with Gasteiger partial charge in [-0.2, -0.15) is 0 Å². The Hall–Kier alpha value is -4.48. The smallest absolute Gasteiger partial charge is 0.312 e. The first-order valence-electron chi connectivity index (χ1n) is 30.8. The van der Waals surface area contributed by atoms with Crippen LogP contribution in [0.5, 0.6) is 0 Å².